The van der Waals surface area contributed by atoms with Gasteiger partial charge in [0.25, 0.3) is 0 Å². The monoisotopic (exact) mass is 272 g/mol. The number of ether oxygens (including phenoxy) is 1. The number of nitrogens with zero attached hydrogens (tertiary/aromatic N) is 1. The molecule has 1 saturated heterocycles. The van der Waals surface area contributed by atoms with Gasteiger partial charge in [-0.15, -0.1) is 0 Å². The van der Waals surface area contributed by atoms with Crippen LogP contribution in [-0.2, 0) is 14.5 Å². The second-order valence-electron chi connectivity index (χ2n) is 5.61. The first kappa shape index (κ1) is 15.9. The molecule has 0 spiro atoms. The van der Waals surface area contributed by atoms with Crippen molar-refractivity contribution >= 4 is 6.09 Å². The van der Waals surface area contributed by atoms with Crippen molar-refractivity contribution in [2.45, 2.75) is 38.8 Å². The molecule has 6 heteroatoms. The Kier molecular flexibility index (Phi) is 5.78. The Balaban J connectivity index is 2.49. The molecule has 0 aromatic heterocycles. The summed E-state index contributed by atoms with van der Waals surface area (Å²) in [4.78, 5) is 23.6. The minimum absolute atomic E-state index is 0.0971. The fraction of sp³-hybridized carbons (Fsp3) is 0.769. The minimum Gasteiger partial charge on any atom is -0.444 e. The summed E-state index contributed by atoms with van der Waals surface area (Å²) >= 11 is 0. The van der Waals surface area contributed by atoms with Crippen molar-refractivity contribution in [1.29, 1.82) is 0 Å². The maximum Gasteiger partial charge on any atom is 0.410 e. The Bertz CT molecular complexity index is 325. The third kappa shape index (κ3) is 5.59. The molecule has 2 N–H and O–H groups in total. The molecule has 1 heterocycles. The summed E-state index contributed by atoms with van der Waals surface area (Å²) in [6, 6.07) is -0.0971. The SMILES string of the molecule is C=C1C[C@@H](COOCCN)N(C(=O)OC(C)(C)C)C1. The number of rotatable bonds is 5. The Hall–Kier alpha value is -1.11. The molecule has 0 aliphatic carbocycles. The summed E-state index contributed by atoms with van der Waals surface area (Å²) in [5, 5.41) is 0. The highest BCUT2D eigenvalue weighted by Crippen LogP contribution is 2.24. The van der Waals surface area contributed by atoms with Gasteiger partial charge in [-0.05, 0) is 27.2 Å². The molecule has 0 aromatic carbocycles. The Morgan fingerprint density at radius 2 is 2.16 bits per heavy atom. The van der Waals surface area contributed by atoms with Gasteiger partial charge in [0, 0.05) is 13.1 Å². The average molecular weight is 272 g/mol. The lowest BCUT2D eigenvalue weighted by molar-refractivity contribution is -0.297. The van der Waals surface area contributed by atoms with E-state index in [2.05, 4.69) is 6.58 Å². The van der Waals surface area contributed by atoms with Crippen molar-refractivity contribution in [3.63, 3.8) is 0 Å². The molecule has 0 aromatic rings. The number of nitrogens with two attached hydrogens (primary N) is 1. The molecule has 1 fully saturated rings. The zero-order valence-corrected chi connectivity index (χ0v) is 12.0. The standard InChI is InChI=1S/C13H24N2O4/c1-10-7-11(9-18-17-6-5-14)15(8-10)12(16)19-13(2,3)4/h11H,1,5-9,14H2,2-4H3/t11-/m0/s1. The molecule has 19 heavy (non-hydrogen) atoms. The first-order valence-corrected chi connectivity index (χ1v) is 6.44. The van der Waals surface area contributed by atoms with E-state index in [9.17, 15) is 4.79 Å². The minimum atomic E-state index is -0.511. The molecular formula is C13H24N2O4. The maximum atomic E-state index is 12.1. The summed E-state index contributed by atoms with van der Waals surface area (Å²) in [5.74, 6) is 0. The van der Waals surface area contributed by atoms with Crippen LogP contribution in [0.4, 0.5) is 4.79 Å². The summed E-state index contributed by atoms with van der Waals surface area (Å²) in [6.45, 7) is 10.9. The van der Waals surface area contributed by atoms with Crippen LogP contribution in [0, 0.1) is 0 Å². The molecule has 110 valence electrons. The van der Waals surface area contributed by atoms with Crippen molar-refractivity contribution in [2.75, 3.05) is 26.3 Å². The number of amides is 1. The van der Waals surface area contributed by atoms with Crippen molar-refractivity contribution in [2.24, 2.45) is 5.73 Å². The van der Waals surface area contributed by atoms with Crippen molar-refractivity contribution in [3.8, 4) is 0 Å². The number of hydrogen-bond donors (Lipinski definition) is 1. The molecule has 1 amide bonds. The molecular weight excluding hydrogens is 248 g/mol. The largest absolute Gasteiger partial charge is 0.444 e. The molecule has 1 aliphatic heterocycles. The van der Waals surface area contributed by atoms with Crippen LogP contribution >= 0.6 is 0 Å². The van der Waals surface area contributed by atoms with Crippen molar-refractivity contribution < 1.29 is 19.3 Å². The topological polar surface area (TPSA) is 74.0 Å². The first-order valence-electron chi connectivity index (χ1n) is 6.44. The van der Waals surface area contributed by atoms with Crippen LogP contribution in [0.1, 0.15) is 27.2 Å². The van der Waals surface area contributed by atoms with Crippen LogP contribution in [-0.4, -0.2) is 48.9 Å². The van der Waals surface area contributed by atoms with Gasteiger partial charge >= 0.3 is 6.09 Å². The Morgan fingerprint density at radius 1 is 1.47 bits per heavy atom. The highest BCUT2D eigenvalue weighted by Gasteiger charge is 2.34. The lowest BCUT2D eigenvalue weighted by Gasteiger charge is -2.27. The van der Waals surface area contributed by atoms with Gasteiger partial charge in [0.05, 0.1) is 12.6 Å². The summed E-state index contributed by atoms with van der Waals surface area (Å²) in [6.07, 6.45) is 0.351. The van der Waals surface area contributed by atoms with Crippen LogP contribution in [0.2, 0.25) is 0 Å². The Morgan fingerprint density at radius 3 is 2.74 bits per heavy atom. The summed E-state index contributed by atoms with van der Waals surface area (Å²) < 4.78 is 5.36. The van der Waals surface area contributed by atoms with E-state index >= 15 is 0 Å². The van der Waals surface area contributed by atoms with Crippen molar-refractivity contribution in [1.82, 2.24) is 4.90 Å². The van der Waals surface area contributed by atoms with E-state index in [1.54, 1.807) is 4.90 Å². The van der Waals surface area contributed by atoms with E-state index in [-0.39, 0.29) is 18.7 Å². The van der Waals surface area contributed by atoms with Crippen LogP contribution in [0.15, 0.2) is 12.2 Å². The second kappa shape index (κ2) is 6.88. The quantitative estimate of drug-likeness (QED) is 0.355. The predicted octanol–water partition coefficient (Wildman–Crippen LogP) is 1.46. The fourth-order valence-corrected chi connectivity index (χ4v) is 1.79. The molecule has 6 nitrogen and oxygen atoms in total. The third-order valence-corrected chi connectivity index (χ3v) is 2.53. The van der Waals surface area contributed by atoms with E-state index in [1.807, 2.05) is 20.8 Å². The highest BCUT2D eigenvalue weighted by molar-refractivity contribution is 5.69. The summed E-state index contributed by atoms with van der Waals surface area (Å²) in [7, 11) is 0. The first-order chi connectivity index (χ1) is 8.83. The number of carbonyl (C=O) groups excluding carboxylic acids is 1. The van der Waals surface area contributed by atoms with E-state index < -0.39 is 5.60 Å². The van der Waals surface area contributed by atoms with E-state index in [0.29, 0.717) is 26.1 Å². The van der Waals surface area contributed by atoms with Gasteiger partial charge < -0.3 is 10.5 Å². The molecule has 1 aliphatic rings. The molecule has 0 bridgehead atoms. The van der Waals surface area contributed by atoms with Gasteiger partial charge in [0.1, 0.15) is 12.2 Å². The van der Waals surface area contributed by atoms with Gasteiger partial charge in [-0.25, -0.2) is 14.6 Å². The predicted molar refractivity (Wildman–Crippen MR) is 71.4 cm³/mol. The molecule has 1 atom stereocenters. The third-order valence-electron chi connectivity index (χ3n) is 2.53. The van der Waals surface area contributed by atoms with E-state index in [4.69, 9.17) is 20.2 Å². The molecule has 0 radical (unpaired) electrons. The second-order valence-corrected chi connectivity index (χ2v) is 5.61. The van der Waals surface area contributed by atoms with Crippen LogP contribution in [0.3, 0.4) is 0 Å². The van der Waals surface area contributed by atoms with E-state index in [0.717, 1.165) is 5.57 Å². The number of likely N-dealkylation sites (tertiary alicyclic amines) is 1. The summed E-state index contributed by atoms with van der Waals surface area (Å²) in [5.41, 5.74) is 5.76. The van der Waals surface area contributed by atoms with Gasteiger partial charge in [-0.3, -0.25) is 4.90 Å². The highest BCUT2D eigenvalue weighted by atomic mass is 17.2. The average Bonchev–Trinajstić information content (AvgIpc) is 2.64. The zero-order valence-electron chi connectivity index (χ0n) is 12.0. The zero-order chi connectivity index (χ0) is 14.5. The van der Waals surface area contributed by atoms with E-state index in [1.165, 1.54) is 0 Å². The van der Waals surface area contributed by atoms with Crippen molar-refractivity contribution in [3.05, 3.63) is 12.2 Å². The number of hydrogen-bond acceptors (Lipinski definition) is 5. The van der Waals surface area contributed by atoms with Gasteiger partial charge in [-0.1, -0.05) is 12.2 Å². The maximum absolute atomic E-state index is 12.1. The number of carbonyl (C=O) groups is 1. The molecule has 0 saturated carbocycles. The lowest BCUT2D eigenvalue weighted by Crippen LogP contribution is -2.41. The molecule has 0 unspecified atom stereocenters. The van der Waals surface area contributed by atoms with Crippen LogP contribution < -0.4 is 5.73 Å². The van der Waals surface area contributed by atoms with Gasteiger partial charge in [0.15, 0.2) is 0 Å². The van der Waals surface area contributed by atoms with Crippen LogP contribution in [0.25, 0.3) is 0 Å². The fourth-order valence-electron chi connectivity index (χ4n) is 1.79. The van der Waals surface area contributed by atoms with Gasteiger partial charge in [-0.2, -0.15) is 0 Å². The smallest absolute Gasteiger partial charge is 0.410 e. The van der Waals surface area contributed by atoms with Gasteiger partial charge in [0.2, 0.25) is 0 Å². The van der Waals surface area contributed by atoms with Crippen LogP contribution in [0.5, 0.6) is 0 Å². The Labute approximate surface area is 114 Å². The lowest BCUT2D eigenvalue weighted by atomic mass is 10.2. The normalized spacial score (nSPS) is 19.9. The molecule has 1 rings (SSSR count).